The Morgan fingerprint density at radius 3 is 2.78 bits per heavy atom. The van der Waals surface area contributed by atoms with Crippen LogP contribution < -0.4 is 15.4 Å². The van der Waals surface area contributed by atoms with Crippen molar-refractivity contribution >= 4 is 22.6 Å². The Labute approximate surface area is 138 Å². The van der Waals surface area contributed by atoms with Crippen LogP contribution in [-0.4, -0.2) is 68.9 Å². The molecule has 0 aliphatic carbocycles. The minimum atomic E-state index is -0.706. The Morgan fingerprint density at radius 1 is 1.43 bits per heavy atom. The fourth-order valence-corrected chi connectivity index (χ4v) is 3.37. The van der Waals surface area contributed by atoms with Crippen LogP contribution in [0.1, 0.15) is 13.8 Å². The average Bonchev–Trinajstić information content (AvgIpc) is 2.54. The molecule has 1 aliphatic heterocycles. The van der Waals surface area contributed by atoms with Crippen LogP contribution in [0.5, 0.6) is 6.01 Å². The second-order valence-corrected chi connectivity index (χ2v) is 7.58. The molecule has 2 rings (SSSR count). The number of anilines is 1. The summed E-state index contributed by atoms with van der Waals surface area (Å²) in [6.45, 7) is 6.18. The number of methoxy groups -OCH3 is 1. The van der Waals surface area contributed by atoms with E-state index < -0.39 is 10.8 Å². The molecule has 8 nitrogen and oxygen atoms in total. The van der Waals surface area contributed by atoms with Crippen LogP contribution in [0.3, 0.4) is 0 Å². The molecule has 0 unspecified atom stereocenters. The van der Waals surface area contributed by atoms with Crippen molar-refractivity contribution in [2.75, 3.05) is 43.6 Å². The lowest BCUT2D eigenvalue weighted by Gasteiger charge is -2.40. The van der Waals surface area contributed by atoms with Gasteiger partial charge in [0.15, 0.2) is 0 Å². The highest BCUT2D eigenvalue weighted by atomic mass is 32.2. The van der Waals surface area contributed by atoms with E-state index in [1.165, 1.54) is 13.3 Å². The van der Waals surface area contributed by atoms with Crippen molar-refractivity contribution in [2.45, 2.75) is 19.4 Å². The zero-order valence-electron chi connectivity index (χ0n) is 13.7. The molecule has 0 bridgehead atoms. The van der Waals surface area contributed by atoms with E-state index >= 15 is 0 Å². The average molecular weight is 341 g/mol. The van der Waals surface area contributed by atoms with Gasteiger partial charge in [0.25, 0.3) is 0 Å². The third kappa shape index (κ3) is 5.14. The molecule has 0 saturated carbocycles. The van der Waals surface area contributed by atoms with E-state index in [1.807, 2.05) is 0 Å². The molecule has 1 aromatic rings. The third-order valence-electron chi connectivity index (χ3n) is 3.77. The fourth-order valence-electron chi connectivity index (χ4n) is 2.32. The monoisotopic (exact) mass is 341 g/mol. The van der Waals surface area contributed by atoms with Crippen molar-refractivity contribution in [3.63, 3.8) is 0 Å². The lowest BCUT2D eigenvalue weighted by atomic mass is 10.0. The Bertz CT molecular complexity index is 571. The van der Waals surface area contributed by atoms with Crippen molar-refractivity contribution in [2.24, 2.45) is 0 Å². The van der Waals surface area contributed by atoms with E-state index in [4.69, 9.17) is 4.74 Å². The normalized spacial score (nSPS) is 16.8. The quantitative estimate of drug-likeness (QED) is 0.807. The van der Waals surface area contributed by atoms with Crippen molar-refractivity contribution in [1.29, 1.82) is 0 Å². The summed E-state index contributed by atoms with van der Waals surface area (Å²) < 4.78 is 16.4. The van der Waals surface area contributed by atoms with Gasteiger partial charge < -0.3 is 10.1 Å². The van der Waals surface area contributed by atoms with Crippen molar-refractivity contribution in [1.82, 2.24) is 20.2 Å². The van der Waals surface area contributed by atoms with Gasteiger partial charge in [-0.1, -0.05) is 0 Å². The standard InChI is InChI=1S/C14H23N5O3S/c1-14(2,19-6-8-23(21)9-7-19)10-16-12(20)17-11-4-5-15-13(18-11)22-3/h4-5H,6-10H2,1-3H3,(H2,15,16,17,18,20). The fraction of sp³-hybridized carbons (Fsp3) is 0.643. The topological polar surface area (TPSA) is 96.5 Å². The first-order valence-corrected chi connectivity index (χ1v) is 8.91. The van der Waals surface area contributed by atoms with E-state index in [1.54, 1.807) is 6.07 Å². The largest absolute Gasteiger partial charge is 0.467 e. The number of hydrogen-bond acceptors (Lipinski definition) is 6. The number of rotatable bonds is 5. The van der Waals surface area contributed by atoms with Crippen molar-refractivity contribution < 1.29 is 13.7 Å². The van der Waals surface area contributed by atoms with Crippen LogP contribution in [0.15, 0.2) is 12.3 Å². The molecule has 1 aromatic heterocycles. The SMILES string of the molecule is COc1nccc(NC(=O)NCC(C)(C)N2CCS(=O)CC2)n1. The molecule has 9 heteroatoms. The number of carbonyl (C=O) groups excluding carboxylic acids is 1. The number of hydrogen-bond donors (Lipinski definition) is 2. The highest BCUT2D eigenvalue weighted by molar-refractivity contribution is 7.85. The minimum absolute atomic E-state index is 0.199. The van der Waals surface area contributed by atoms with Gasteiger partial charge in [-0.05, 0) is 19.9 Å². The Balaban J connectivity index is 1.84. The van der Waals surface area contributed by atoms with Crippen LogP contribution in [-0.2, 0) is 10.8 Å². The van der Waals surface area contributed by atoms with E-state index in [-0.39, 0.29) is 17.6 Å². The summed E-state index contributed by atoms with van der Waals surface area (Å²) in [5, 5.41) is 5.50. The molecule has 0 aromatic carbocycles. The van der Waals surface area contributed by atoms with Gasteiger partial charge in [-0.3, -0.25) is 14.4 Å². The van der Waals surface area contributed by atoms with Gasteiger partial charge >= 0.3 is 12.0 Å². The maximum atomic E-state index is 12.0. The van der Waals surface area contributed by atoms with Gasteiger partial charge in [-0.25, -0.2) is 9.78 Å². The number of nitrogens with zero attached hydrogens (tertiary/aromatic N) is 3. The molecule has 0 atom stereocenters. The number of ether oxygens (including phenoxy) is 1. The number of amides is 2. The summed E-state index contributed by atoms with van der Waals surface area (Å²) in [6.07, 6.45) is 1.51. The molecule has 23 heavy (non-hydrogen) atoms. The molecular weight excluding hydrogens is 318 g/mol. The van der Waals surface area contributed by atoms with Crippen molar-refractivity contribution in [3.05, 3.63) is 12.3 Å². The van der Waals surface area contributed by atoms with Gasteiger partial charge in [0, 0.05) is 53.7 Å². The number of nitrogens with one attached hydrogen (secondary N) is 2. The van der Waals surface area contributed by atoms with E-state index in [0.29, 0.717) is 23.9 Å². The highest BCUT2D eigenvalue weighted by Crippen LogP contribution is 2.16. The first kappa shape index (κ1) is 17.6. The van der Waals surface area contributed by atoms with Gasteiger partial charge in [-0.2, -0.15) is 4.98 Å². The number of carbonyl (C=O) groups is 1. The summed E-state index contributed by atoms with van der Waals surface area (Å²) in [5.41, 5.74) is -0.203. The van der Waals surface area contributed by atoms with Gasteiger partial charge in [0.1, 0.15) is 5.82 Å². The van der Waals surface area contributed by atoms with E-state index in [9.17, 15) is 9.00 Å². The molecule has 2 N–H and O–H groups in total. The second kappa shape index (κ2) is 7.69. The van der Waals surface area contributed by atoms with Gasteiger partial charge in [0.05, 0.1) is 7.11 Å². The molecule has 1 aliphatic rings. The summed E-state index contributed by atoms with van der Waals surface area (Å²) in [7, 11) is 0.760. The molecule has 2 heterocycles. The smallest absolute Gasteiger partial charge is 0.320 e. The lowest BCUT2D eigenvalue weighted by Crippen LogP contribution is -2.56. The van der Waals surface area contributed by atoms with Crippen LogP contribution in [0.4, 0.5) is 10.6 Å². The second-order valence-electron chi connectivity index (χ2n) is 5.88. The Morgan fingerprint density at radius 2 is 2.13 bits per heavy atom. The Hall–Kier alpha value is -1.74. The zero-order valence-corrected chi connectivity index (χ0v) is 14.5. The summed E-state index contributed by atoms with van der Waals surface area (Å²) in [4.78, 5) is 22.2. The summed E-state index contributed by atoms with van der Waals surface area (Å²) >= 11 is 0. The molecular formula is C14H23N5O3S. The highest BCUT2D eigenvalue weighted by Gasteiger charge is 2.29. The van der Waals surface area contributed by atoms with Crippen LogP contribution in [0.25, 0.3) is 0 Å². The summed E-state index contributed by atoms with van der Waals surface area (Å²) in [6, 6.07) is 1.46. The van der Waals surface area contributed by atoms with Crippen LogP contribution in [0.2, 0.25) is 0 Å². The molecule has 128 valence electrons. The minimum Gasteiger partial charge on any atom is -0.467 e. The predicted octanol–water partition coefficient (Wildman–Crippen LogP) is 0.450. The number of urea groups is 1. The molecule has 0 radical (unpaired) electrons. The van der Waals surface area contributed by atoms with Crippen molar-refractivity contribution in [3.8, 4) is 6.01 Å². The summed E-state index contributed by atoms with van der Waals surface area (Å²) in [5.74, 6) is 1.76. The maximum Gasteiger partial charge on any atom is 0.320 e. The Kier molecular flexibility index (Phi) is 5.89. The van der Waals surface area contributed by atoms with Gasteiger partial charge in [0.2, 0.25) is 0 Å². The predicted molar refractivity (Wildman–Crippen MR) is 89.1 cm³/mol. The first-order valence-electron chi connectivity index (χ1n) is 7.42. The third-order valence-corrected chi connectivity index (χ3v) is 5.05. The molecule has 1 saturated heterocycles. The lowest BCUT2D eigenvalue weighted by molar-refractivity contribution is 0.133. The maximum absolute atomic E-state index is 12.0. The van der Waals surface area contributed by atoms with E-state index in [2.05, 4.69) is 39.3 Å². The molecule has 0 spiro atoms. The van der Waals surface area contributed by atoms with Crippen LogP contribution in [0, 0.1) is 0 Å². The van der Waals surface area contributed by atoms with Crippen LogP contribution >= 0.6 is 0 Å². The van der Waals surface area contributed by atoms with E-state index in [0.717, 1.165) is 13.1 Å². The zero-order chi connectivity index (χ0) is 16.9. The molecule has 1 fully saturated rings. The molecule has 2 amide bonds. The first-order chi connectivity index (χ1) is 10.9. The number of aromatic nitrogens is 2. The van der Waals surface area contributed by atoms with Gasteiger partial charge in [-0.15, -0.1) is 0 Å².